The van der Waals surface area contributed by atoms with Crippen molar-refractivity contribution in [2.75, 3.05) is 19.6 Å². The van der Waals surface area contributed by atoms with Crippen LogP contribution in [0.3, 0.4) is 0 Å². The van der Waals surface area contributed by atoms with Gasteiger partial charge < -0.3 is 10.2 Å². The van der Waals surface area contributed by atoms with Crippen LogP contribution in [0.4, 0.5) is 0 Å². The van der Waals surface area contributed by atoms with E-state index in [-0.39, 0.29) is 16.7 Å². The second-order valence-corrected chi connectivity index (χ2v) is 8.19. The maximum absolute atomic E-state index is 11.9. The van der Waals surface area contributed by atoms with Gasteiger partial charge in [-0.05, 0) is 35.6 Å². The van der Waals surface area contributed by atoms with Gasteiger partial charge in [0, 0.05) is 26.6 Å². The molecule has 140 valence electrons. The number of hydrogen-bond acceptors (Lipinski definition) is 5. The molecule has 0 aliphatic rings. The second-order valence-electron chi connectivity index (χ2n) is 5.68. The summed E-state index contributed by atoms with van der Waals surface area (Å²) in [6, 6.07) is 9.80. The van der Waals surface area contributed by atoms with Crippen molar-refractivity contribution in [3.8, 4) is 0 Å². The molecule has 9 heteroatoms. The molecule has 0 saturated carbocycles. The van der Waals surface area contributed by atoms with Crippen LogP contribution in [-0.4, -0.2) is 44.8 Å². The molecule has 2 amide bonds. The number of hydrogen-bond donors (Lipinski definition) is 2. The zero-order valence-electron chi connectivity index (χ0n) is 14.3. The number of rotatable bonds is 8. The van der Waals surface area contributed by atoms with Gasteiger partial charge in [-0.3, -0.25) is 9.59 Å². The molecule has 0 aliphatic carbocycles. The predicted octanol–water partition coefficient (Wildman–Crippen LogP) is 1.22. The highest BCUT2D eigenvalue weighted by Crippen LogP contribution is 2.10. The van der Waals surface area contributed by atoms with Crippen LogP contribution in [0.15, 0.2) is 46.7 Å². The lowest BCUT2D eigenvalue weighted by Gasteiger charge is -2.21. The number of primary sulfonamides is 1. The van der Waals surface area contributed by atoms with Gasteiger partial charge in [0.25, 0.3) is 5.91 Å². The Bertz CT molecular complexity index is 847. The van der Waals surface area contributed by atoms with E-state index in [1.54, 1.807) is 23.1 Å². The summed E-state index contributed by atoms with van der Waals surface area (Å²) < 4.78 is 22.5. The molecular weight excluding hydrogens is 374 g/mol. The molecule has 0 spiro atoms. The quantitative estimate of drug-likeness (QED) is 0.700. The molecule has 0 radical (unpaired) electrons. The van der Waals surface area contributed by atoms with E-state index < -0.39 is 10.0 Å². The Balaban J connectivity index is 1.84. The van der Waals surface area contributed by atoms with E-state index in [1.807, 2.05) is 11.4 Å². The smallest absolute Gasteiger partial charge is 0.261 e. The Hall–Kier alpha value is -2.23. The monoisotopic (exact) mass is 395 g/mol. The standard InChI is InChI=1S/C17H21N3O4S2/c1-13(21)20(11-9-19-17(22)16-3-2-12-25-16)10-8-14-4-6-15(7-5-14)26(18,23)24/h2-7,12H,8-11H2,1H3,(H,19,22)(H2,18,23,24). The minimum absolute atomic E-state index is 0.0564. The molecule has 3 N–H and O–H groups in total. The molecule has 26 heavy (non-hydrogen) atoms. The van der Waals surface area contributed by atoms with Gasteiger partial charge in [0.1, 0.15) is 0 Å². The molecule has 0 unspecified atom stereocenters. The Labute approximate surface area is 156 Å². The summed E-state index contributed by atoms with van der Waals surface area (Å²) in [5, 5.41) is 9.69. The number of amides is 2. The van der Waals surface area contributed by atoms with E-state index in [0.29, 0.717) is 30.9 Å². The summed E-state index contributed by atoms with van der Waals surface area (Å²) in [4.78, 5) is 26.0. The van der Waals surface area contributed by atoms with Crippen molar-refractivity contribution in [3.63, 3.8) is 0 Å². The van der Waals surface area contributed by atoms with Crippen molar-refractivity contribution >= 4 is 33.2 Å². The summed E-state index contributed by atoms with van der Waals surface area (Å²) in [5.74, 6) is -0.237. The highest BCUT2D eigenvalue weighted by atomic mass is 32.2. The lowest BCUT2D eigenvalue weighted by molar-refractivity contribution is -0.128. The molecule has 0 bridgehead atoms. The number of nitrogens with one attached hydrogen (secondary N) is 1. The number of carbonyl (C=O) groups is 2. The maximum atomic E-state index is 11.9. The van der Waals surface area contributed by atoms with Crippen molar-refractivity contribution in [2.45, 2.75) is 18.2 Å². The van der Waals surface area contributed by atoms with Gasteiger partial charge >= 0.3 is 0 Å². The van der Waals surface area contributed by atoms with E-state index in [0.717, 1.165) is 5.56 Å². The molecule has 7 nitrogen and oxygen atoms in total. The minimum atomic E-state index is -3.71. The fourth-order valence-electron chi connectivity index (χ4n) is 2.34. The van der Waals surface area contributed by atoms with Crippen LogP contribution in [0, 0.1) is 0 Å². The first kappa shape index (κ1) is 20.1. The van der Waals surface area contributed by atoms with Crippen LogP contribution >= 0.6 is 11.3 Å². The van der Waals surface area contributed by atoms with Gasteiger partial charge in [-0.1, -0.05) is 18.2 Å². The highest BCUT2D eigenvalue weighted by molar-refractivity contribution is 7.89. The van der Waals surface area contributed by atoms with Gasteiger partial charge in [-0.15, -0.1) is 11.3 Å². The third kappa shape index (κ3) is 5.94. The highest BCUT2D eigenvalue weighted by Gasteiger charge is 2.11. The second kappa shape index (κ2) is 8.93. The number of carbonyl (C=O) groups excluding carboxylic acids is 2. The van der Waals surface area contributed by atoms with Gasteiger partial charge in [0.15, 0.2) is 0 Å². The van der Waals surface area contributed by atoms with Crippen molar-refractivity contribution in [3.05, 3.63) is 52.2 Å². The Morgan fingerprint density at radius 1 is 1.15 bits per heavy atom. The molecular formula is C17H21N3O4S2. The first-order valence-corrected chi connectivity index (χ1v) is 10.4. The van der Waals surface area contributed by atoms with Crippen molar-refractivity contribution in [1.82, 2.24) is 10.2 Å². The number of nitrogens with zero attached hydrogens (tertiary/aromatic N) is 1. The maximum Gasteiger partial charge on any atom is 0.261 e. The summed E-state index contributed by atoms with van der Waals surface area (Å²) in [6.07, 6.45) is 0.573. The van der Waals surface area contributed by atoms with Crippen molar-refractivity contribution in [1.29, 1.82) is 0 Å². The summed E-state index contributed by atoms with van der Waals surface area (Å²) in [5.41, 5.74) is 0.895. The van der Waals surface area contributed by atoms with Crippen LogP contribution in [0.5, 0.6) is 0 Å². The molecule has 0 aliphatic heterocycles. The molecule has 0 fully saturated rings. The van der Waals surface area contributed by atoms with Crippen LogP contribution in [0.1, 0.15) is 22.2 Å². The van der Waals surface area contributed by atoms with E-state index >= 15 is 0 Å². The molecule has 1 aromatic carbocycles. The Kier molecular flexibility index (Phi) is 6.90. The average Bonchev–Trinajstić information content (AvgIpc) is 3.11. The zero-order valence-corrected chi connectivity index (χ0v) is 16.0. The predicted molar refractivity (Wildman–Crippen MR) is 100 cm³/mol. The van der Waals surface area contributed by atoms with E-state index in [1.165, 1.54) is 30.4 Å². The van der Waals surface area contributed by atoms with Crippen molar-refractivity contribution < 1.29 is 18.0 Å². The summed E-state index contributed by atoms with van der Waals surface area (Å²) >= 11 is 1.36. The van der Waals surface area contributed by atoms with Crippen LogP contribution < -0.4 is 10.5 Å². The minimum Gasteiger partial charge on any atom is -0.350 e. The molecule has 1 heterocycles. The fourth-order valence-corrected chi connectivity index (χ4v) is 3.49. The Morgan fingerprint density at radius 2 is 1.85 bits per heavy atom. The number of nitrogens with two attached hydrogens (primary N) is 1. The molecule has 2 rings (SSSR count). The van der Waals surface area contributed by atoms with Gasteiger partial charge in [0.2, 0.25) is 15.9 Å². The third-order valence-electron chi connectivity index (χ3n) is 3.78. The van der Waals surface area contributed by atoms with Gasteiger partial charge in [0.05, 0.1) is 9.77 Å². The first-order chi connectivity index (χ1) is 12.3. The van der Waals surface area contributed by atoms with E-state index in [4.69, 9.17) is 5.14 Å². The number of sulfonamides is 1. The van der Waals surface area contributed by atoms with Crippen LogP contribution in [-0.2, 0) is 21.2 Å². The summed E-state index contributed by atoms with van der Waals surface area (Å²) in [6.45, 7) is 2.71. The largest absolute Gasteiger partial charge is 0.350 e. The molecule has 2 aromatic rings. The van der Waals surface area contributed by atoms with Crippen LogP contribution in [0.2, 0.25) is 0 Å². The lowest BCUT2D eigenvalue weighted by atomic mass is 10.1. The van der Waals surface area contributed by atoms with Crippen LogP contribution in [0.25, 0.3) is 0 Å². The topological polar surface area (TPSA) is 110 Å². The third-order valence-corrected chi connectivity index (χ3v) is 5.58. The normalized spacial score (nSPS) is 11.2. The van der Waals surface area contributed by atoms with Gasteiger partial charge in [-0.25, -0.2) is 13.6 Å². The first-order valence-electron chi connectivity index (χ1n) is 7.96. The number of benzene rings is 1. The van der Waals surface area contributed by atoms with E-state index in [2.05, 4.69) is 5.32 Å². The molecule has 1 aromatic heterocycles. The Morgan fingerprint density at radius 3 is 2.38 bits per heavy atom. The summed E-state index contributed by atoms with van der Waals surface area (Å²) in [7, 11) is -3.71. The zero-order chi connectivity index (χ0) is 19.2. The average molecular weight is 396 g/mol. The SMILES string of the molecule is CC(=O)N(CCNC(=O)c1cccs1)CCc1ccc(S(N)(=O)=O)cc1. The molecule has 0 atom stereocenters. The van der Waals surface area contributed by atoms with E-state index in [9.17, 15) is 18.0 Å². The van der Waals surface area contributed by atoms with Gasteiger partial charge in [-0.2, -0.15) is 0 Å². The fraction of sp³-hybridized carbons (Fsp3) is 0.294. The molecule has 0 saturated heterocycles. The number of thiophene rings is 1. The van der Waals surface area contributed by atoms with Crippen molar-refractivity contribution in [2.24, 2.45) is 5.14 Å². The lowest BCUT2D eigenvalue weighted by Crippen LogP contribution is -2.38.